The lowest BCUT2D eigenvalue weighted by Crippen LogP contribution is -2.42. The number of carbonyl (C=O) groups excluding carboxylic acids is 1. The van der Waals surface area contributed by atoms with Gasteiger partial charge in [-0.1, -0.05) is 6.42 Å². The first-order chi connectivity index (χ1) is 8.40. The minimum absolute atomic E-state index is 0. The van der Waals surface area contributed by atoms with Crippen LogP contribution in [-0.2, 0) is 14.8 Å². The summed E-state index contributed by atoms with van der Waals surface area (Å²) in [7, 11) is -3.11. The molecular formula is C10H22ClN3O3S2. The third kappa shape index (κ3) is 7.98. The van der Waals surface area contributed by atoms with Gasteiger partial charge in [-0.15, -0.1) is 24.2 Å². The Balaban J connectivity index is 0.00000324. The lowest BCUT2D eigenvalue weighted by Gasteiger charge is -2.19. The molecule has 0 bridgehead atoms. The molecule has 0 aromatic rings. The second-order valence-electron chi connectivity index (χ2n) is 4.41. The Morgan fingerprint density at radius 2 is 2.16 bits per heavy atom. The number of sulfonamides is 1. The van der Waals surface area contributed by atoms with Crippen molar-refractivity contribution >= 4 is 40.1 Å². The van der Waals surface area contributed by atoms with Gasteiger partial charge in [-0.05, 0) is 12.8 Å². The predicted octanol–water partition coefficient (Wildman–Crippen LogP) is -0.0121. The summed E-state index contributed by atoms with van der Waals surface area (Å²) in [5.41, 5.74) is 5.83. The number of thioether (sulfide) groups is 1. The molecule has 1 aliphatic rings. The van der Waals surface area contributed by atoms with Crippen molar-refractivity contribution in [2.45, 2.75) is 25.3 Å². The molecule has 114 valence electrons. The number of halogens is 1. The molecule has 0 spiro atoms. The minimum Gasteiger partial charge on any atom is -0.331 e. The Bertz CT molecular complexity index is 372. The van der Waals surface area contributed by atoms with Crippen LogP contribution in [0.5, 0.6) is 0 Å². The molecule has 1 atom stereocenters. The minimum atomic E-state index is -3.11. The number of hydrogen-bond donors (Lipinski definition) is 2. The second-order valence-corrected chi connectivity index (χ2v) is 7.32. The van der Waals surface area contributed by atoms with Crippen LogP contribution in [0.15, 0.2) is 0 Å². The highest BCUT2D eigenvalue weighted by atomic mass is 35.5. The van der Waals surface area contributed by atoms with E-state index in [4.69, 9.17) is 5.73 Å². The Hall–Kier alpha value is -0.0200. The van der Waals surface area contributed by atoms with Crippen LogP contribution in [0.25, 0.3) is 0 Å². The molecule has 3 N–H and O–H groups in total. The summed E-state index contributed by atoms with van der Waals surface area (Å²) in [6, 6.07) is -0.457. The summed E-state index contributed by atoms with van der Waals surface area (Å²) in [5, 5.41) is 0. The van der Waals surface area contributed by atoms with Gasteiger partial charge in [-0.25, -0.2) is 13.1 Å². The monoisotopic (exact) mass is 331 g/mol. The highest BCUT2D eigenvalue weighted by Gasteiger charge is 2.23. The fraction of sp³-hybridized carbons (Fsp3) is 0.900. The Morgan fingerprint density at radius 3 is 2.68 bits per heavy atom. The maximum absolute atomic E-state index is 11.8. The summed E-state index contributed by atoms with van der Waals surface area (Å²) in [4.78, 5) is 13.6. The van der Waals surface area contributed by atoms with Crippen molar-refractivity contribution in [1.82, 2.24) is 9.62 Å². The number of unbranched alkanes of at least 4 members (excludes halogenated alkanes) is 1. The fourth-order valence-electron chi connectivity index (χ4n) is 1.69. The van der Waals surface area contributed by atoms with Gasteiger partial charge in [0.15, 0.2) is 0 Å². The van der Waals surface area contributed by atoms with E-state index in [9.17, 15) is 13.2 Å². The number of nitrogens with one attached hydrogen (secondary N) is 1. The highest BCUT2D eigenvalue weighted by Crippen LogP contribution is 2.15. The maximum atomic E-state index is 11.8. The van der Waals surface area contributed by atoms with Crippen LogP contribution in [0.4, 0.5) is 0 Å². The molecule has 1 fully saturated rings. The molecule has 19 heavy (non-hydrogen) atoms. The van der Waals surface area contributed by atoms with Gasteiger partial charge in [0.05, 0.1) is 18.2 Å². The van der Waals surface area contributed by atoms with Crippen molar-refractivity contribution in [3.8, 4) is 0 Å². The van der Waals surface area contributed by atoms with Crippen molar-refractivity contribution in [3.05, 3.63) is 0 Å². The first kappa shape index (κ1) is 19.0. The Labute approximate surface area is 125 Å². The molecule has 9 heteroatoms. The summed E-state index contributed by atoms with van der Waals surface area (Å²) in [6.45, 7) is 1.19. The van der Waals surface area contributed by atoms with Gasteiger partial charge in [0.1, 0.15) is 0 Å². The van der Waals surface area contributed by atoms with Crippen LogP contribution in [0.3, 0.4) is 0 Å². The van der Waals surface area contributed by atoms with Gasteiger partial charge in [-0.3, -0.25) is 4.79 Å². The van der Waals surface area contributed by atoms with E-state index in [1.807, 2.05) is 0 Å². The molecular weight excluding hydrogens is 310 g/mol. The average Bonchev–Trinajstić information content (AvgIpc) is 2.79. The molecule has 0 aromatic carbocycles. The van der Waals surface area contributed by atoms with Gasteiger partial charge < -0.3 is 10.6 Å². The van der Waals surface area contributed by atoms with E-state index in [1.54, 1.807) is 16.7 Å². The molecule has 1 amide bonds. The maximum Gasteiger partial charge on any atom is 0.240 e. The van der Waals surface area contributed by atoms with Crippen LogP contribution >= 0.6 is 24.2 Å². The van der Waals surface area contributed by atoms with Crippen molar-refractivity contribution < 1.29 is 13.2 Å². The lowest BCUT2D eigenvalue weighted by atomic mass is 10.1. The van der Waals surface area contributed by atoms with Crippen LogP contribution in [0, 0.1) is 0 Å². The van der Waals surface area contributed by atoms with Crippen molar-refractivity contribution in [2.24, 2.45) is 5.73 Å². The van der Waals surface area contributed by atoms with Gasteiger partial charge in [0.25, 0.3) is 0 Å². The summed E-state index contributed by atoms with van der Waals surface area (Å²) in [6.07, 6.45) is 3.18. The predicted molar refractivity (Wildman–Crippen MR) is 81.0 cm³/mol. The molecule has 6 nitrogen and oxygen atoms in total. The normalized spacial score (nSPS) is 17.1. The van der Waals surface area contributed by atoms with Gasteiger partial charge in [0.2, 0.25) is 15.9 Å². The number of amides is 1. The van der Waals surface area contributed by atoms with Gasteiger partial charge in [0, 0.05) is 18.8 Å². The Kier molecular flexibility index (Phi) is 9.01. The average molecular weight is 332 g/mol. The second kappa shape index (κ2) is 9.02. The standard InChI is InChI=1S/C10H21N3O3S2.ClH/c1-18(15,16)12-5-3-2-4-9(11)10(14)13-6-7-17-8-13;/h9,12H,2-8,11H2,1H3;1H. The number of nitrogens with zero attached hydrogens (tertiary/aromatic N) is 1. The van der Waals surface area contributed by atoms with Gasteiger partial charge in [-0.2, -0.15) is 0 Å². The van der Waals surface area contributed by atoms with Crippen LogP contribution in [-0.4, -0.2) is 56.2 Å². The Morgan fingerprint density at radius 1 is 1.47 bits per heavy atom. The first-order valence-corrected chi connectivity index (χ1v) is 9.01. The topological polar surface area (TPSA) is 92.5 Å². The van der Waals surface area contributed by atoms with E-state index in [0.717, 1.165) is 30.9 Å². The zero-order chi connectivity index (χ0) is 13.6. The van der Waals surface area contributed by atoms with Crippen LogP contribution in [0.2, 0.25) is 0 Å². The molecule has 0 radical (unpaired) electrons. The van der Waals surface area contributed by atoms with E-state index < -0.39 is 16.1 Å². The molecule has 1 saturated heterocycles. The highest BCUT2D eigenvalue weighted by molar-refractivity contribution is 7.99. The summed E-state index contributed by atoms with van der Waals surface area (Å²) >= 11 is 1.74. The zero-order valence-electron chi connectivity index (χ0n) is 11.0. The van der Waals surface area contributed by atoms with E-state index in [0.29, 0.717) is 19.4 Å². The van der Waals surface area contributed by atoms with Crippen molar-refractivity contribution in [1.29, 1.82) is 0 Å². The number of rotatable bonds is 7. The third-order valence-electron chi connectivity index (χ3n) is 2.69. The quantitative estimate of drug-likeness (QED) is 0.640. The number of nitrogens with two attached hydrogens (primary N) is 1. The van der Waals surface area contributed by atoms with E-state index in [1.165, 1.54) is 0 Å². The summed E-state index contributed by atoms with van der Waals surface area (Å²) < 4.78 is 24.0. The van der Waals surface area contributed by atoms with E-state index in [-0.39, 0.29) is 18.3 Å². The molecule has 1 rings (SSSR count). The number of carbonyl (C=O) groups is 1. The smallest absolute Gasteiger partial charge is 0.240 e. The van der Waals surface area contributed by atoms with E-state index >= 15 is 0 Å². The van der Waals surface area contributed by atoms with Crippen molar-refractivity contribution in [3.63, 3.8) is 0 Å². The van der Waals surface area contributed by atoms with Crippen LogP contribution < -0.4 is 10.5 Å². The molecule has 1 heterocycles. The molecule has 0 aliphatic carbocycles. The number of hydrogen-bond acceptors (Lipinski definition) is 5. The van der Waals surface area contributed by atoms with Crippen molar-refractivity contribution in [2.75, 3.05) is 31.0 Å². The SMILES string of the molecule is CS(=O)(=O)NCCCCC(N)C(=O)N1CCSC1.Cl. The first-order valence-electron chi connectivity index (χ1n) is 5.97. The van der Waals surface area contributed by atoms with Gasteiger partial charge >= 0.3 is 0 Å². The molecule has 1 unspecified atom stereocenters. The molecule has 1 aliphatic heterocycles. The largest absolute Gasteiger partial charge is 0.331 e. The van der Waals surface area contributed by atoms with Crippen LogP contribution in [0.1, 0.15) is 19.3 Å². The molecule has 0 saturated carbocycles. The lowest BCUT2D eigenvalue weighted by molar-refractivity contribution is -0.131. The zero-order valence-corrected chi connectivity index (χ0v) is 13.5. The van der Waals surface area contributed by atoms with E-state index in [2.05, 4.69) is 4.72 Å². The third-order valence-corrected chi connectivity index (χ3v) is 4.38. The summed E-state index contributed by atoms with van der Waals surface area (Å²) in [5.74, 6) is 1.73. The fourth-order valence-corrected chi connectivity index (χ4v) is 3.16. The molecule has 0 aromatic heterocycles.